The van der Waals surface area contributed by atoms with Gasteiger partial charge in [0.1, 0.15) is 23.3 Å². The van der Waals surface area contributed by atoms with Gasteiger partial charge in [0.25, 0.3) is 0 Å². The number of anilines is 6. The summed E-state index contributed by atoms with van der Waals surface area (Å²) in [5.41, 5.74) is 33.8. The van der Waals surface area contributed by atoms with Crippen molar-refractivity contribution in [3.63, 3.8) is 0 Å². The van der Waals surface area contributed by atoms with Crippen LogP contribution in [0.15, 0.2) is 0 Å². The molecular weight excluding hydrogens is 757 g/mol. The Morgan fingerprint density at radius 2 is 0.371 bits per heavy atom. The van der Waals surface area contributed by atoms with Gasteiger partial charge in [-0.25, -0.2) is 19.9 Å². The van der Waals surface area contributed by atoms with Gasteiger partial charge in [-0.05, 0) is 289 Å². The summed E-state index contributed by atoms with van der Waals surface area (Å²) in [6, 6.07) is 0. The number of aryl methyl sites for hydroxylation is 4. The van der Waals surface area contributed by atoms with Gasteiger partial charge >= 0.3 is 0 Å². The maximum absolute atomic E-state index is 5.37. The molecule has 0 amide bonds. The molecule has 4 heterocycles. The summed E-state index contributed by atoms with van der Waals surface area (Å²) in [6.45, 7) is 53.5. The fraction of sp³-hybridized carbons (Fsp3) is 0.429. The largest absolute Gasteiger partial charge is 0.278 e. The van der Waals surface area contributed by atoms with E-state index in [1.807, 2.05) is 0 Å². The maximum Gasteiger partial charge on any atom is 0.142 e. The van der Waals surface area contributed by atoms with Gasteiger partial charge < -0.3 is 0 Å². The molecule has 0 aliphatic carbocycles. The molecule has 0 atom stereocenters. The monoisotopic (exact) mass is 829 g/mol. The first-order chi connectivity index (χ1) is 28.8. The Labute approximate surface area is 374 Å². The summed E-state index contributed by atoms with van der Waals surface area (Å²) in [6.07, 6.45) is 0. The van der Waals surface area contributed by atoms with E-state index in [9.17, 15) is 0 Å². The van der Waals surface area contributed by atoms with E-state index in [0.717, 1.165) is 57.4 Å². The quantitative estimate of drug-likeness (QED) is 0.160. The average Bonchev–Trinajstić information content (AvgIpc) is 3.23. The van der Waals surface area contributed by atoms with Crippen molar-refractivity contribution < 1.29 is 0 Å². The van der Waals surface area contributed by atoms with Gasteiger partial charge in [0.2, 0.25) is 0 Å². The van der Waals surface area contributed by atoms with Crippen molar-refractivity contribution in [3.05, 3.63) is 134 Å². The zero-order chi connectivity index (χ0) is 46.5. The summed E-state index contributed by atoms with van der Waals surface area (Å²) >= 11 is 0. The first kappa shape index (κ1) is 46.2. The van der Waals surface area contributed by atoms with Crippen LogP contribution >= 0.6 is 0 Å². The molecule has 62 heavy (non-hydrogen) atoms. The third kappa shape index (κ3) is 6.93. The van der Waals surface area contributed by atoms with Crippen LogP contribution in [0.1, 0.15) is 134 Å². The minimum atomic E-state index is 0.945. The van der Waals surface area contributed by atoms with Gasteiger partial charge in [-0.15, -0.1) is 0 Å². The third-order valence-corrected chi connectivity index (χ3v) is 15.8. The lowest BCUT2D eigenvalue weighted by atomic mass is 9.81. The van der Waals surface area contributed by atoms with Crippen molar-refractivity contribution in [3.8, 4) is 11.1 Å². The topological polar surface area (TPSA) is 58.0 Å². The van der Waals surface area contributed by atoms with Crippen LogP contribution in [0.2, 0.25) is 0 Å². The van der Waals surface area contributed by atoms with Gasteiger partial charge in [-0.3, -0.25) is 9.80 Å². The fourth-order valence-corrected chi connectivity index (χ4v) is 9.69. The highest BCUT2D eigenvalue weighted by atomic mass is 15.3. The Hall–Kier alpha value is -5.36. The van der Waals surface area contributed by atoms with Gasteiger partial charge in [-0.1, -0.05) is 0 Å². The van der Waals surface area contributed by atoms with Crippen molar-refractivity contribution in [2.45, 2.75) is 166 Å². The van der Waals surface area contributed by atoms with Gasteiger partial charge in [0.05, 0.1) is 11.4 Å². The molecule has 0 saturated carbocycles. The molecule has 0 aliphatic heterocycles. The Morgan fingerprint density at radius 1 is 0.194 bits per heavy atom. The number of aromatic nitrogens is 4. The number of hydrogen-bond donors (Lipinski definition) is 0. The molecule has 0 fully saturated rings. The molecule has 0 radical (unpaired) electrons. The van der Waals surface area contributed by atoms with Crippen LogP contribution in [0, 0.1) is 166 Å². The lowest BCUT2D eigenvalue weighted by Crippen LogP contribution is -2.22. The summed E-state index contributed by atoms with van der Waals surface area (Å²) in [5, 5.41) is 0. The van der Waals surface area contributed by atoms with E-state index in [-0.39, 0.29) is 0 Å². The standard InChI is InChI=1S/C56H72N6/c1-25-29(5)45(21)57-53(41(25)17)61(54-42(18)26(2)30(6)46(22)58-54)51-37(13)33(9)49(34(10)38(51)14)50-35(11)39(15)52(40(16)36(50)12)62(55-43(19)27(3)31(7)47(23)59-55)56-44(20)28(4)32(8)48(24)60-56/h1-24H3. The lowest BCUT2D eigenvalue weighted by Gasteiger charge is -2.35. The van der Waals surface area contributed by atoms with E-state index in [0.29, 0.717) is 0 Å². The predicted octanol–water partition coefficient (Wildman–Crippen LogP) is 15.3. The molecule has 0 N–H and O–H groups in total. The van der Waals surface area contributed by atoms with Crippen LogP contribution in [0.25, 0.3) is 11.1 Å². The van der Waals surface area contributed by atoms with Crippen molar-refractivity contribution >= 4 is 34.6 Å². The molecule has 2 aromatic carbocycles. The SMILES string of the molecule is Cc1nc(N(c2nc(C)c(C)c(C)c2C)c2c(C)c(C)c(-c3c(C)c(C)c(N(c4nc(C)c(C)c(C)c4C)c4nc(C)c(C)c(C)c4C)c(C)c3C)c(C)c2C)c(C)c(C)c1C. The minimum Gasteiger partial charge on any atom is -0.278 e. The van der Waals surface area contributed by atoms with Crippen LogP contribution in [0.5, 0.6) is 0 Å². The molecule has 0 spiro atoms. The highest BCUT2D eigenvalue weighted by Gasteiger charge is 2.32. The predicted molar refractivity (Wildman–Crippen MR) is 266 cm³/mol. The van der Waals surface area contributed by atoms with E-state index in [1.54, 1.807) is 0 Å². The summed E-state index contributed by atoms with van der Waals surface area (Å²) < 4.78 is 0. The third-order valence-electron chi connectivity index (χ3n) is 15.8. The Balaban J connectivity index is 1.71. The lowest BCUT2D eigenvalue weighted by molar-refractivity contribution is 0.991. The van der Waals surface area contributed by atoms with Gasteiger partial charge in [-0.2, -0.15) is 0 Å². The second-order valence-electron chi connectivity index (χ2n) is 18.7. The van der Waals surface area contributed by atoms with E-state index in [2.05, 4.69) is 176 Å². The smallest absolute Gasteiger partial charge is 0.142 e. The number of benzene rings is 2. The molecule has 6 heteroatoms. The molecular formula is C56H72N6. The molecule has 4 aromatic heterocycles. The normalized spacial score (nSPS) is 11.5. The van der Waals surface area contributed by atoms with E-state index >= 15 is 0 Å². The van der Waals surface area contributed by atoms with Gasteiger partial charge in [0.15, 0.2) is 0 Å². The Bertz CT molecular complexity index is 2510. The Morgan fingerprint density at radius 3 is 0.548 bits per heavy atom. The number of pyridine rings is 4. The van der Waals surface area contributed by atoms with Crippen LogP contribution in [-0.2, 0) is 0 Å². The minimum absolute atomic E-state index is 0.945. The first-order valence-electron chi connectivity index (χ1n) is 22.4. The molecule has 0 bridgehead atoms. The zero-order valence-corrected chi connectivity index (χ0v) is 42.7. The second kappa shape index (κ2) is 16.4. The van der Waals surface area contributed by atoms with Crippen molar-refractivity contribution in [1.82, 2.24) is 19.9 Å². The first-order valence-corrected chi connectivity index (χ1v) is 22.4. The molecule has 6 nitrogen and oxygen atoms in total. The number of nitrogens with zero attached hydrogens (tertiary/aromatic N) is 6. The zero-order valence-electron chi connectivity index (χ0n) is 42.7. The van der Waals surface area contributed by atoms with Crippen LogP contribution in [-0.4, -0.2) is 19.9 Å². The van der Waals surface area contributed by atoms with Crippen LogP contribution in [0.4, 0.5) is 34.6 Å². The highest BCUT2D eigenvalue weighted by Crippen LogP contribution is 2.51. The van der Waals surface area contributed by atoms with Crippen molar-refractivity contribution in [2.24, 2.45) is 0 Å². The maximum atomic E-state index is 5.37. The molecule has 326 valence electrons. The van der Waals surface area contributed by atoms with E-state index in [4.69, 9.17) is 19.9 Å². The Kier molecular flexibility index (Phi) is 12.2. The highest BCUT2D eigenvalue weighted by molar-refractivity contribution is 5.92. The molecule has 0 saturated heterocycles. The number of hydrogen-bond acceptors (Lipinski definition) is 6. The average molecular weight is 829 g/mol. The molecule has 0 unspecified atom stereocenters. The van der Waals surface area contributed by atoms with Crippen molar-refractivity contribution in [1.29, 1.82) is 0 Å². The van der Waals surface area contributed by atoms with Crippen molar-refractivity contribution in [2.75, 3.05) is 9.80 Å². The van der Waals surface area contributed by atoms with E-state index < -0.39 is 0 Å². The summed E-state index contributed by atoms with van der Waals surface area (Å²) in [5.74, 6) is 3.78. The van der Waals surface area contributed by atoms with Gasteiger partial charge in [0, 0.05) is 22.8 Å². The molecule has 6 rings (SSSR count). The summed E-state index contributed by atoms with van der Waals surface area (Å²) in [4.78, 5) is 26.3. The molecule has 0 aliphatic rings. The number of rotatable bonds is 7. The van der Waals surface area contributed by atoms with E-state index in [1.165, 1.54) is 122 Å². The van der Waals surface area contributed by atoms with Crippen LogP contribution < -0.4 is 9.80 Å². The summed E-state index contributed by atoms with van der Waals surface area (Å²) in [7, 11) is 0. The second-order valence-corrected chi connectivity index (χ2v) is 18.7. The van der Waals surface area contributed by atoms with Crippen LogP contribution in [0.3, 0.4) is 0 Å². The molecule has 6 aromatic rings. The fourth-order valence-electron chi connectivity index (χ4n) is 9.69.